The van der Waals surface area contributed by atoms with Crippen molar-refractivity contribution in [2.24, 2.45) is 0 Å². The lowest BCUT2D eigenvalue weighted by Gasteiger charge is -2.22. The third-order valence-electron chi connectivity index (χ3n) is 4.02. The third-order valence-corrected chi connectivity index (χ3v) is 4.02. The Hall–Kier alpha value is -2.62. The van der Waals surface area contributed by atoms with Gasteiger partial charge in [0.05, 0.1) is 12.2 Å². The smallest absolute Gasteiger partial charge is 0.274 e. The van der Waals surface area contributed by atoms with Gasteiger partial charge >= 0.3 is 0 Å². The van der Waals surface area contributed by atoms with Crippen molar-refractivity contribution in [3.63, 3.8) is 0 Å². The minimum absolute atomic E-state index is 0.226. The lowest BCUT2D eigenvalue weighted by Crippen LogP contribution is -2.36. The largest absolute Gasteiger partial charge is 0.503 e. The Morgan fingerprint density at radius 3 is 2.42 bits per heavy atom. The minimum atomic E-state index is -0.863. The van der Waals surface area contributed by atoms with E-state index in [2.05, 4.69) is 22.5 Å². The van der Waals surface area contributed by atoms with Gasteiger partial charge < -0.3 is 19.7 Å². The van der Waals surface area contributed by atoms with E-state index in [1.165, 1.54) is 17.6 Å². The number of aromatic amines is 1. The number of ether oxygens (including phenoxy) is 1. The van der Waals surface area contributed by atoms with Crippen LogP contribution in [0, 0.1) is 0 Å². The van der Waals surface area contributed by atoms with E-state index in [0.717, 1.165) is 19.0 Å². The Bertz CT molecular complexity index is 828. The zero-order valence-electron chi connectivity index (χ0n) is 18.6. The molecule has 0 aliphatic carbocycles. The molecular weight excluding hydrogens is 418 g/mol. The zero-order chi connectivity index (χ0) is 23.6. The molecule has 9 heteroatoms. The van der Waals surface area contributed by atoms with Crippen molar-refractivity contribution in [2.45, 2.75) is 26.7 Å². The molecule has 1 amide bonds. The number of thiol groups is 1. The van der Waals surface area contributed by atoms with Crippen LogP contribution >= 0.6 is 12.8 Å². The van der Waals surface area contributed by atoms with Crippen molar-refractivity contribution in [1.82, 2.24) is 14.6 Å². The first kappa shape index (κ1) is 28.4. The highest BCUT2D eigenvalue weighted by molar-refractivity contribution is 7.78. The van der Waals surface area contributed by atoms with Gasteiger partial charge in [-0.2, -0.15) is 0 Å². The number of methoxy groups -OCH3 is 1. The molecule has 8 nitrogen and oxygen atoms in total. The monoisotopic (exact) mass is 451 g/mol. The fourth-order valence-corrected chi connectivity index (χ4v) is 2.58. The number of aromatic hydroxyl groups is 1. The minimum Gasteiger partial charge on any atom is -0.503 e. The average Bonchev–Trinajstić information content (AvgIpc) is 2.80. The molecule has 2 rings (SSSR count). The van der Waals surface area contributed by atoms with Crippen LogP contribution in [0.4, 0.5) is 0 Å². The Morgan fingerprint density at radius 2 is 1.87 bits per heavy atom. The summed E-state index contributed by atoms with van der Waals surface area (Å²) in [5.41, 5.74) is -0.153. The van der Waals surface area contributed by atoms with Gasteiger partial charge in [0.2, 0.25) is 5.43 Å². The van der Waals surface area contributed by atoms with E-state index >= 15 is 0 Å². The molecule has 0 saturated carbocycles. The van der Waals surface area contributed by atoms with Crippen LogP contribution < -0.4 is 10.2 Å². The number of hydrogen-bond acceptors (Lipinski definition) is 7. The Labute approximate surface area is 189 Å². The fourth-order valence-electron chi connectivity index (χ4n) is 2.58. The number of benzene rings is 1. The van der Waals surface area contributed by atoms with E-state index in [1.54, 1.807) is 7.05 Å². The molecule has 0 atom stereocenters. The Morgan fingerprint density at radius 1 is 1.26 bits per heavy atom. The number of aldehydes is 1. The van der Waals surface area contributed by atoms with Gasteiger partial charge in [-0.15, -0.1) is 0 Å². The number of hydrogen-bond donors (Lipinski definition) is 4. The topological polar surface area (TPSA) is 112 Å². The highest BCUT2D eigenvalue weighted by atomic mass is 32.1. The van der Waals surface area contributed by atoms with Crippen molar-refractivity contribution in [2.75, 3.05) is 33.9 Å². The van der Waals surface area contributed by atoms with E-state index in [9.17, 15) is 19.5 Å². The summed E-state index contributed by atoms with van der Waals surface area (Å²) in [5.74, 6) is -1.26. The maximum absolute atomic E-state index is 12.7. The molecule has 172 valence electrons. The van der Waals surface area contributed by atoms with E-state index in [4.69, 9.17) is 4.74 Å². The molecule has 0 spiro atoms. The van der Waals surface area contributed by atoms with Crippen LogP contribution in [0.25, 0.3) is 0 Å². The number of carbonyl (C=O) groups is 2. The van der Waals surface area contributed by atoms with Crippen LogP contribution in [-0.2, 0) is 11.2 Å². The summed E-state index contributed by atoms with van der Waals surface area (Å²) in [4.78, 5) is 39.4. The van der Waals surface area contributed by atoms with Gasteiger partial charge in [0.1, 0.15) is 0 Å². The molecule has 1 heterocycles. The Kier molecular flexibility index (Phi) is 15.7. The van der Waals surface area contributed by atoms with Crippen LogP contribution in [0.3, 0.4) is 0 Å². The summed E-state index contributed by atoms with van der Waals surface area (Å²) in [6.07, 6.45) is 2.97. The average molecular weight is 452 g/mol. The van der Waals surface area contributed by atoms with E-state index in [1.807, 2.05) is 44.2 Å². The molecule has 0 radical (unpaired) electrons. The van der Waals surface area contributed by atoms with Crippen molar-refractivity contribution in [1.29, 1.82) is 0 Å². The predicted octanol–water partition coefficient (Wildman–Crippen LogP) is 2.69. The predicted molar refractivity (Wildman–Crippen MR) is 126 cm³/mol. The lowest BCUT2D eigenvalue weighted by molar-refractivity contribution is 0.0683. The van der Waals surface area contributed by atoms with Gasteiger partial charge in [0.25, 0.3) is 5.91 Å². The van der Waals surface area contributed by atoms with Crippen LogP contribution in [0.1, 0.15) is 46.7 Å². The van der Waals surface area contributed by atoms with Crippen LogP contribution in [0.2, 0.25) is 0 Å². The number of H-pyrrole nitrogens is 1. The number of pyridine rings is 1. The molecule has 0 bridgehead atoms. The number of amides is 1. The summed E-state index contributed by atoms with van der Waals surface area (Å²) in [7, 11) is 3.27. The van der Waals surface area contributed by atoms with Crippen LogP contribution in [0.5, 0.6) is 5.75 Å². The number of aromatic nitrogens is 1. The maximum Gasteiger partial charge on any atom is 0.274 e. The van der Waals surface area contributed by atoms with E-state index < -0.39 is 17.1 Å². The molecular formula is C22H33N3O5S. The van der Waals surface area contributed by atoms with Crippen molar-refractivity contribution < 1.29 is 19.4 Å². The van der Waals surface area contributed by atoms with Gasteiger partial charge in [-0.1, -0.05) is 57.0 Å². The van der Waals surface area contributed by atoms with Gasteiger partial charge in [-0.3, -0.25) is 19.1 Å². The summed E-state index contributed by atoms with van der Waals surface area (Å²) >= 11 is 3.54. The normalized spacial score (nSPS) is 9.58. The molecule has 0 aliphatic rings. The SMILES string of the molecule is CC.CNS.COCCN(CCCc1ccccc1)C(=O)c1[nH]cc(C=O)c(=O)c1O. The number of nitrogens with zero attached hydrogens (tertiary/aromatic N) is 1. The Balaban J connectivity index is 0.00000165. The van der Waals surface area contributed by atoms with Crippen LogP contribution in [-0.4, -0.2) is 61.0 Å². The zero-order valence-corrected chi connectivity index (χ0v) is 19.4. The summed E-state index contributed by atoms with van der Waals surface area (Å²) in [5, 5.41) is 9.98. The van der Waals surface area contributed by atoms with Gasteiger partial charge in [0.15, 0.2) is 17.7 Å². The second-order valence-electron chi connectivity index (χ2n) is 6.01. The van der Waals surface area contributed by atoms with E-state index in [-0.39, 0.29) is 11.3 Å². The standard InChI is InChI=1S/C19H22N2O5.C2H6.CH5NS/c1-26-11-10-21(9-5-8-14-6-3-2-4-7-14)19(25)16-18(24)17(23)15(13-22)12-20-16;1-2;1-2-3/h2-4,6-7,12-13,24H,5,8-11H2,1H3,(H,20,23);1-2H3;2-3H,1H3. The van der Waals surface area contributed by atoms with Crippen LogP contribution in [0.15, 0.2) is 41.3 Å². The molecule has 0 unspecified atom stereocenters. The summed E-state index contributed by atoms with van der Waals surface area (Å²) in [6.45, 7) is 5.09. The highest BCUT2D eigenvalue weighted by Gasteiger charge is 2.22. The molecule has 0 fully saturated rings. The van der Waals surface area contributed by atoms with Crippen molar-refractivity contribution >= 4 is 25.0 Å². The molecule has 1 aromatic heterocycles. The highest BCUT2D eigenvalue weighted by Crippen LogP contribution is 2.13. The second-order valence-corrected chi connectivity index (χ2v) is 6.46. The number of rotatable bonds is 9. The number of aryl methyl sites for hydroxylation is 1. The molecule has 3 N–H and O–H groups in total. The van der Waals surface area contributed by atoms with Crippen molar-refractivity contribution in [3.05, 3.63) is 63.6 Å². The summed E-state index contributed by atoms with van der Waals surface area (Å²) in [6, 6.07) is 9.90. The molecule has 0 saturated heterocycles. The first-order valence-corrected chi connectivity index (χ1v) is 10.5. The van der Waals surface area contributed by atoms with Gasteiger partial charge in [-0.05, 0) is 25.5 Å². The number of carbonyl (C=O) groups excluding carboxylic acids is 2. The van der Waals surface area contributed by atoms with Crippen molar-refractivity contribution in [3.8, 4) is 5.75 Å². The molecule has 2 aromatic rings. The maximum atomic E-state index is 12.7. The third kappa shape index (κ3) is 9.82. The lowest BCUT2D eigenvalue weighted by atomic mass is 10.1. The number of nitrogens with one attached hydrogen (secondary N) is 2. The first-order chi connectivity index (χ1) is 15.0. The van der Waals surface area contributed by atoms with E-state index in [0.29, 0.717) is 26.0 Å². The van der Waals surface area contributed by atoms with Gasteiger partial charge in [-0.25, -0.2) is 0 Å². The first-order valence-electron chi connectivity index (χ1n) is 10.0. The quantitative estimate of drug-likeness (QED) is 0.345. The summed E-state index contributed by atoms with van der Waals surface area (Å²) < 4.78 is 7.48. The van der Waals surface area contributed by atoms with Gasteiger partial charge in [0, 0.05) is 26.4 Å². The fraction of sp³-hybridized carbons (Fsp3) is 0.409. The second kappa shape index (κ2) is 17.1. The molecule has 0 aliphatic heterocycles. The molecule has 31 heavy (non-hydrogen) atoms. The molecule has 1 aromatic carbocycles.